The molecular weight excluding hydrogens is 677 g/mol. The summed E-state index contributed by atoms with van der Waals surface area (Å²) in [6.07, 6.45) is -2.31. The number of nitriles is 1. The van der Waals surface area contributed by atoms with Gasteiger partial charge >= 0.3 is 234 Å². The fourth-order valence-corrected chi connectivity index (χ4v) is 5.36. The number of aliphatic imine (C=N–C) groups is 1. The van der Waals surface area contributed by atoms with E-state index in [1.807, 2.05) is 18.7 Å². The van der Waals surface area contributed by atoms with Crippen molar-refractivity contribution in [1.82, 2.24) is 10.2 Å². The normalized spacial score (nSPS) is 16.8. The Morgan fingerprint density at radius 3 is 2.47 bits per heavy atom. The van der Waals surface area contributed by atoms with Gasteiger partial charge in [0.25, 0.3) is 0 Å². The SMILES string of the molecule is C/C=C(\N=C(C(C)CC)C1CCCN1C(=BOC#N)NC(=O)OC(C)(C)C)c1ccc(OC/C=C/c2cccc(C(F)(F)F)c2)c(C(F)(F)F)c1. The molecule has 274 valence electrons. The minimum atomic E-state index is -4.80. The molecule has 0 aliphatic carbocycles. The Bertz CT molecular complexity index is 1690. The molecule has 51 heavy (non-hydrogen) atoms. The maximum absolute atomic E-state index is 14.3. The third-order valence-corrected chi connectivity index (χ3v) is 7.84. The molecule has 0 saturated carbocycles. The summed E-state index contributed by atoms with van der Waals surface area (Å²) in [5.74, 6) is -0.581. The van der Waals surface area contributed by atoms with E-state index in [4.69, 9.17) is 24.4 Å². The number of likely N-dealkylation sites (tertiary alicyclic amines) is 1. The van der Waals surface area contributed by atoms with Crippen LogP contribution in [0.25, 0.3) is 11.8 Å². The van der Waals surface area contributed by atoms with Crippen molar-refractivity contribution < 1.29 is 45.3 Å². The van der Waals surface area contributed by atoms with Crippen LogP contribution in [0, 0.1) is 17.4 Å². The summed E-state index contributed by atoms with van der Waals surface area (Å²) in [7, 11) is 1.11. The summed E-state index contributed by atoms with van der Waals surface area (Å²) >= 11 is 0. The topological polar surface area (TPSA) is 96.2 Å². The van der Waals surface area contributed by atoms with Crippen LogP contribution in [0.2, 0.25) is 0 Å². The van der Waals surface area contributed by atoms with Gasteiger partial charge < -0.3 is 0 Å². The number of alkyl halides is 6. The predicted molar refractivity (Wildman–Crippen MR) is 185 cm³/mol. The van der Waals surface area contributed by atoms with E-state index in [0.717, 1.165) is 25.3 Å². The Hall–Kier alpha value is -4.74. The summed E-state index contributed by atoms with van der Waals surface area (Å²) in [5.41, 5.74) is -1.18. The molecule has 15 heteroatoms. The average molecular weight is 719 g/mol. The summed E-state index contributed by atoms with van der Waals surface area (Å²) in [6.45, 7) is 10.8. The molecule has 0 spiro atoms. The van der Waals surface area contributed by atoms with Crippen molar-refractivity contribution >= 4 is 36.4 Å². The number of ether oxygens (including phenoxy) is 2. The van der Waals surface area contributed by atoms with E-state index in [2.05, 4.69) is 5.32 Å². The standard InChI is InChI=1S/C36H41BF6N4O4/c1-7-23(3)31(29-15-10-18-47(29)32(37-50-22-44)46-33(48)51-34(4,5)6)45-28(8-2)25-16-17-30(27(21-25)36(41,42)43)49-19-11-13-24-12-9-14-26(20-24)35(38,39)40/h8-9,11-14,16-17,20-21,23,29H,7,10,15,18-19H2,1-6H3,(H,46,48)/b13-11+,28-8-,45-31?. The quantitative estimate of drug-likeness (QED) is 0.102. The van der Waals surface area contributed by atoms with Gasteiger partial charge in [0.05, 0.1) is 5.56 Å². The van der Waals surface area contributed by atoms with Gasteiger partial charge in [-0.15, -0.1) is 0 Å². The van der Waals surface area contributed by atoms with Crippen LogP contribution in [-0.2, 0) is 21.7 Å². The molecule has 1 fully saturated rings. The molecule has 2 aromatic rings. The number of alkyl carbamates (subject to hydrolysis) is 1. The Balaban J connectivity index is 1.93. The van der Waals surface area contributed by atoms with Crippen LogP contribution in [0.5, 0.6) is 5.75 Å². The molecule has 0 bridgehead atoms. The molecule has 1 aliphatic heterocycles. The fraction of sp³-hybridized carbons (Fsp3) is 0.444. The number of benzene rings is 2. The van der Waals surface area contributed by atoms with Gasteiger partial charge in [-0.05, 0) is 23.8 Å². The van der Waals surface area contributed by atoms with Crippen molar-refractivity contribution in [1.29, 1.82) is 5.26 Å². The molecule has 2 aromatic carbocycles. The van der Waals surface area contributed by atoms with Crippen molar-refractivity contribution in [2.24, 2.45) is 10.9 Å². The van der Waals surface area contributed by atoms with Crippen LogP contribution in [-0.4, -0.2) is 54.3 Å². The van der Waals surface area contributed by atoms with Gasteiger partial charge in [-0.1, -0.05) is 18.2 Å². The first-order valence-corrected chi connectivity index (χ1v) is 16.3. The van der Waals surface area contributed by atoms with Crippen molar-refractivity contribution in [3.8, 4) is 12.0 Å². The molecule has 2 unspecified atom stereocenters. The number of amides is 1. The Kier molecular flexibility index (Phi) is 13.9. The molecule has 1 heterocycles. The number of rotatable bonds is 12. The molecular formula is C36H41BF6N4O4. The van der Waals surface area contributed by atoms with Crippen LogP contribution >= 0.6 is 0 Å². The second-order valence-corrected chi connectivity index (χ2v) is 12.8. The minimum absolute atomic E-state index is 0.126. The Labute approximate surface area is 294 Å². The predicted octanol–water partition coefficient (Wildman–Crippen LogP) is 8.86. The van der Waals surface area contributed by atoms with Gasteiger partial charge in [0.2, 0.25) is 0 Å². The van der Waals surface area contributed by atoms with Gasteiger partial charge in [0, 0.05) is 0 Å². The summed E-state index contributed by atoms with van der Waals surface area (Å²) in [5, 5.41) is 11.7. The first-order valence-electron chi connectivity index (χ1n) is 16.3. The number of halogens is 6. The summed E-state index contributed by atoms with van der Waals surface area (Å²) in [4.78, 5) is 19.4. The van der Waals surface area contributed by atoms with Gasteiger partial charge in [0.15, 0.2) is 0 Å². The Morgan fingerprint density at radius 1 is 1.14 bits per heavy atom. The van der Waals surface area contributed by atoms with Crippen molar-refractivity contribution in [3.05, 3.63) is 76.9 Å². The van der Waals surface area contributed by atoms with Gasteiger partial charge in [-0.3, -0.25) is 0 Å². The van der Waals surface area contributed by atoms with E-state index in [0.29, 0.717) is 31.5 Å². The van der Waals surface area contributed by atoms with Crippen LogP contribution < -0.4 is 10.1 Å². The van der Waals surface area contributed by atoms with E-state index < -0.39 is 47.0 Å². The van der Waals surface area contributed by atoms with E-state index >= 15 is 0 Å². The molecule has 1 N–H and O–H groups in total. The maximum atomic E-state index is 14.3. The number of hydrogen-bond acceptors (Lipinski definition) is 7. The molecule has 0 aromatic heterocycles. The molecule has 0 radical (unpaired) electrons. The van der Waals surface area contributed by atoms with Crippen LogP contribution in [0.4, 0.5) is 31.1 Å². The number of nitrogens with one attached hydrogen (secondary N) is 1. The van der Waals surface area contributed by atoms with Gasteiger partial charge in [-0.2, -0.15) is 13.2 Å². The van der Waals surface area contributed by atoms with E-state index in [-0.39, 0.29) is 35.1 Å². The third-order valence-electron chi connectivity index (χ3n) is 7.84. The second kappa shape index (κ2) is 17.5. The zero-order valence-electron chi connectivity index (χ0n) is 29.3. The van der Waals surface area contributed by atoms with Crippen LogP contribution in [0.3, 0.4) is 0 Å². The van der Waals surface area contributed by atoms with E-state index in [9.17, 15) is 31.1 Å². The summed E-state index contributed by atoms with van der Waals surface area (Å²) < 4.78 is 97.7. The van der Waals surface area contributed by atoms with Crippen molar-refractivity contribution in [2.45, 2.75) is 84.8 Å². The monoisotopic (exact) mass is 718 g/mol. The van der Waals surface area contributed by atoms with Gasteiger partial charge in [0.1, 0.15) is 0 Å². The molecule has 8 nitrogen and oxygen atoms in total. The number of hydrogen-bond donors (Lipinski definition) is 1. The average Bonchev–Trinajstić information content (AvgIpc) is 3.53. The Morgan fingerprint density at radius 2 is 1.86 bits per heavy atom. The van der Waals surface area contributed by atoms with E-state index in [1.54, 1.807) is 40.0 Å². The zero-order valence-corrected chi connectivity index (χ0v) is 29.3. The van der Waals surface area contributed by atoms with Crippen molar-refractivity contribution in [3.63, 3.8) is 0 Å². The molecule has 3 rings (SSSR count). The number of carbonyl (C=O) groups excluding carboxylic acids is 1. The molecule has 2 atom stereocenters. The number of carbonyl (C=O) groups is 1. The van der Waals surface area contributed by atoms with Crippen LogP contribution in [0.15, 0.2) is 59.6 Å². The molecule has 1 aliphatic rings. The molecule has 1 amide bonds. The number of allylic oxidation sites excluding steroid dienone is 1. The van der Waals surface area contributed by atoms with Crippen LogP contribution in [0.1, 0.15) is 83.1 Å². The zero-order chi connectivity index (χ0) is 38.0. The third kappa shape index (κ3) is 11.9. The fourth-order valence-electron chi connectivity index (χ4n) is 5.36. The molecule has 1 saturated heterocycles. The second-order valence-electron chi connectivity index (χ2n) is 12.8. The first kappa shape index (κ1) is 40.7. The van der Waals surface area contributed by atoms with Crippen molar-refractivity contribution in [2.75, 3.05) is 13.2 Å². The van der Waals surface area contributed by atoms with E-state index in [1.165, 1.54) is 36.4 Å². The summed E-state index contributed by atoms with van der Waals surface area (Å²) in [6, 6.07) is 7.72. The first-order chi connectivity index (χ1) is 23.9. The number of nitrogens with zero attached hydrogens (tertiary/aromatic N) is 3. The van der Waals surface area contributed by atoms with Gasteiger partial charge in [-0.25, -0.2) is 0 Å².